The molecular formula is C24H25N3O2S. The van der Waals surface area contributed by atoms with Gasteiger partial charge in [0.2, 0.25) is 11.8 Å². The monoisotopic (exact) mass is 419 g/mol. The minimum Gasteiger partial charge on any atom is -0.369 e. The standard InChI is InChI=1S/C24H25N3O2S/c25-23(29)24(15-18-5-1-7-20(13-18)21-8-3-12-30-21)9-4-11-27(17-24)22(28)14-19-6-2-10-26-16-19/h1-3,5-8,10,12-13,16H,4,9,11,14-15,17H2,(H2,25,29). The van der Waals surface area contributed by atoms with Gasteiger partial charge in [0.25, 0.3) is 0 Å². The molecule has 0 saturated carbocycles. The predicted molar refractivity (Wildman–Crippen MR) is 119 cm³/mol. The van der Waals surface area contributed by atoms with Crippen LogP contribution in [0.2, 0.25) is 0 Å². The van der Waals surface area contributed by atoms with Crippen LogP contribution < -0.4 is 5.73 Å². The highest BCUT2D eigenvalue weighted by molar-refractivity contribution is 7.13. The number of carbonyl (C=O) groups is 2. The zero-order valence-electron chi connectivity index (χ0n) is 16.8. The highest BCUT2D eigenvalue weighted by atomic mass is 32.1. The lowest BCUT2D eigenvalue weighted by molar-refractivity contribution is -0.139. The Labute approximate surface area is 180 Å². The Bertz CT molecular complexity index is 1020. The van der Waals surface area contributed by atoms with E-state index in [9.17, 15) is 9.59 Å². The highest BCUT2D eigenvalue weighted by Gasteiger charge is 2.42. The first kappa shape index (κ1) is 20.3. The summed E-state index contributed by atoms with van der Waals surface area (Å²) < 4.78 is 0. The van der Waals surface area contributed by atoms with Crippen molar-refractivity contribution in [3.8, 4) is 10.4 Å². The molecule has 0 spiro atoms. The van der Waals surface area contributed by atoms with Crippen molar-refractivity contribution in [1.82, 2.24) is 9.88 Å². The van der Waals surface area contributed by atoms with Gasteiger partial charge < -0.3 is 10.6 Å². The lowest BCUT2D eigenvalue weighted by Crippen LogP contribution is -2.53. The number of benzene rings is 1. The van der Waals surface area contributed by atoms with Gasteiger partial charge in [0.05, 0.1) is 11.8 Å². The molecule has 0 radical (unpaired) electrons. The Kier molecular flexibility index (Phi) is 5.95. The SMILES string of the molecule is NC(=O)C1(Cc2cccc(-c3cccs3)c2)CCCN(C(=O)Cc2cccnc2)C1. The predicted octanol–water partition coefficient (Wildman–Crippen LogP) is 3.69. The van der Waals surface area contributed by atoms with Crippen LogP contribution in [0.5, 0.6) is 0 Å². The molecule has 2 amide bonds. The van der Waals surface area contributed by atoms with Gasteiger partial charge in [0, 0.05) is 30.4 Å². The van der Waals surface area contributed by atoms with Gasteiger partial charge in [-0.15, -0.1) is 11.3 Å². The Morgan fingerprint density at radius 2 is 2.00 bits per heavy atom. The maximum absolute atomic E-state index is 12.9. The molecule has 154 valence electrons. The van der Waals surface area contributed by atoms with E-state index in [4.69, 9.17) is 5.73 Å². The van der Waals surface area contributed by atoms with Gasteiger partial charge in [-0.1, -0.05) is 36.4 Å². The first-order valence-corrected chi connectivity index (χ1v) is 11.0. The Morgan fingerprint density at radius 1 is 1.13 bits per heavy atom. The fourth-order valence-electron chi connectivity index (χ4n) is 4.23. The largest absolute Gasteiger partial charge is 0.369 e. The molecule has 2 N–H and O–H groups in total. The maximum atomic E-state index is 12.9. The number of aromatic nitrogens is 1. The molecule has 0 bridgehead atoms. The Morgan fingerprint density at radius 3 is 2.73 bits per heavy atom. The van der Waals surface area contributed by atoms with Crippen molar-refractivity contribution in [2.45, 2.75) is 25.7 Å². The fourth-order valence-corrected chi connectivity index (χ4v) is 4.96. The second-order valence-corrected chi connectivity index (χ2v) is 8.90. The van der Waals surface area contributed by atoms with Crippen LogP contribution in [0.15, 0.2) is 66.3 Å². The average Bonchev–Trinajstić information content (AvgIpc) is 3.30. The number of carbonyl (C=O) groups excluding carboxylic acids is 2. The fraction of sp³-hybridized carbons (Fsp3) is 0.292. The summed E-state index contributed by atoms with van der Waals surface area (Å²) in [4.78, 5) is 32.6. The van der Waals surface area contributed by atoms with Gasteiger partial charge in [-0.25, -0.2) is 0 Å². The number of primary amides is 1. The minimum atomic E-state index is -0.739. The van der Waals surface area contributed by atoms with Crippen molar-refractivity contribution in [1.29, 1.82) is 0 Å². The molecule has 3 aromatic rings. The van der Waals surface area contributed by atoms with Crippen LogP contribution in [0.25, 0.3) is 10.4 Å². The van der Waals surface area contributed by atoms with Crippen LogP contribution in [0.4, 0.5) is 0 Å². The number of amides is 2. The number of hydrogen-bond acceptors (Lipinski definition) is 4. The second-order valence-electron chi connectivity index (χ2n) is 7.96. The van der Waals surface area contributed by atoms with Crippen LogP contribution in [-0.4, -0.2) is 34.8 Å². The first-order valence-electron chi connectivity index (χ1n) is 10.2. The van der Waals surface area contributed by atoms with Gasteiger partial charge in [0.1, 0.15) is 0 Å². The van der Waals surface area contributed by atoms with E-state index in [1.807, 2.05) is 30.3 Å². The number of likely N-dealkylation sites (tertiary alicyclic amines) is 1. The van der Waals surface area contributed by atoms with E-state index in [0.717, 1.165) is 23.1 Å². The molecule has 1 aromatic carbocycles. The smallest absolute Gasteiger partial charge is 0.227 e. The molecule has 1 aliphatic heterocycles. The van der Waals surface area contributed by atoms with Gasteiger partial charge in [-0.2, -0.15) is 0 Å². The summed E-state index contributed by atoms with van der Waals surface area (Å²) in [5.41, 5.74) is 8.26. The van der Waals surface area contributed by atoms with Crippen molar-refractivity contribution in [3.05, 3.63) is 77.4 Å². The van der Waals surface area contributed by atoms with Crippen LogP contribution in [-0.2, 0) is 22.4 Å². The van der Waals surface area contributed by atoms with Crippen LogP contribution in [0, 0.1) is 5.41 Å². The lowest BCUT2D eigenvalue weighted by atomic mass is 9.74. The maximum Gasteiger partial charge on any atom is 0.227 e. The summed E-state index contributed by atoms with van der Waals surface area (Å²) in [5, 5.41) is 2.06. The normalized spacial score (nSPS) is 18.9. The average molecular weight is 420 g/mol. The molecule has 1 saturated heterocycles. The summed E-state index contributed by atoms with van der Waals surface area (Å²) in [5.74, 6) is -0.316. The molecular weight excluding hydrogens is 394 g/mol. The highest BCUT2D eigenvalue weighted by Crippen LogP contribution is 2.35. The van der Waals surface area contributed by atoms with Gasteiger partial charge in [-0.3, -0.25) is 14.6 Å². The molecule has 4 rings (SSSR count). The summed E-state index contributed by atoms with van der Waals surface area (Å²) >= 11 is 1.69. The van der Waals surface area contributed by atoms with E-state index in [0.29, 0.717) is 25.9 Å². The zero-order valence-corrected chi connectivity index (χ0v) is 17.6. The van der Waals surface area contributed by atoms with Crippen LogP contribution in [0.1, 0.15) is 24.0 Å². The molecule has 0 aliphatic carbocycles. The van der Waals surface area contributed by atoms with Crippen molar-refractivity contribution in [2.75, 3.05) is 13.1 Å². The van der Waals surface area contributed by atoms with Gasteiger partial charge in [-0.05, 0) is 53.5 Å². The van der Waals surface area contributed by atoms with E-state index in [1.54, 1.807) is 28.6 Å². The minimum absolute atomic E-state index is 0.0145. The molecule has 1 aliphatic rings. The van der Waals surface area contributed by atoms with E-state index < -0.39 is 5.41 Å². The molecule has 30 heavy (non-hydrogen) atoms. The third-order valence-electron chi connectivity index (χ3n) is 5.81. The van der Waals surface area contributed by atoms with Gasteiger partial charge in [0.15, 0.2) is 0 Å². The van der Waals surface area contributed by atoms with E-state index in [2.05, 4.69) is 28.6 Å². The molecule has 2 aromatic heterocycles. The van der Waals surface area contributed by atoms with Crippen molar-refractivity contribution in [3.63, 3.8) is 0 Å². The van der Waals surface area contributed by atoms with Gasteiger partial charge >= 0.3 is 0 Å². The lowest BCUT2D eigenvalue weighted by Gasteiger charge is -2.41. The third-order valence-corrected chi connectivity index (χ3v) is 6.72. The molecule has 1 fully saturated rings. The number of pyridine rings is 1. The summed E-state index contributed by atoms with van der Waals surface area (Å²) in [6.07, 6.45) is 5.69. The molecule has 6 heteroatoms. The quantitative estimate of drug-likeness (QED) is 0.662. The topological polar surface area (TPSA) is 76.3 Å². The Hall–Kier alpha value is -2.99. The number of thiophene rings is 1. The zero-order chi connectivity index (χ0) is 21.0. The third kappa shape index (κ3) is 4.44. The Balaban J connectivity index is 1.53. The van der Waals surface area contributed by atoms with E-state index in [1.165, 1.54) is 4.88 Å². The van der Waals surface area contributed by atoms with E-state index >= 15 is 0 Å². The first-order chi connectivity index (χ1) is 14.6. The number of nitrogens with two attached hydrogens (primary N) is 1. The van der Waals surface area contributed by atoms with E-state index in [-0.39, 0.29) is 18.2 Å². The van der Waals surface area contributed by atoms with Crippen molar-refractivity contribution in [2.24, 2.45) is 11.1 Å². The van der Waals surface area contributed by atoms with Crippen molar-refractivity contribution < 1.29 is 9.59 Å². The van der Waals surface area contributed by atoms with Crippen LogP contribution >= 0.6 is 11.3 Å². The number of piperidine rings is 1. The molecule has 1 atom stereocenters. The number of nitrogens with zero attached hydrogens (tertiary/aromatic N) is 2. The van der Waals surface area contributed by atoms with Crippen LogP contribution in [0.3, 0.4) is 0 Å². The van der Waals surface area contributed by atoms with Crippen molar-refractivity contribution >= 4 is 23.2 Å². The summed E-state index contributed by atoms with van der Waals surface area (Å²) in [6.45, 7) is 1.02. The number of hydrogen-bond donors (Lipinski definition) is 1. The second kappa shape index (κ2) is 8.79. The molecule has 1 unspecified atom stereocenters. The molecule has 5 nitrogen and oxygen atoms in total. The molecule has 3 heterocycles. The summed E-state index contributed by atoms with van der Waals surface area (Å²) in [7, 11) is 0. The summed E-state index contributed by atoms with van der Waals surface area (Å²) in [6, 6.07) is 16.1. The number of rotatable bonds is 6.